The highest BCUT2D eigenvalue weighted by molar-refractivity contribution is 9.10. The van der Waals surface area contributed by atoms with Crippen molar-refractivity contribution in [3.05, 3.63) is 58.0 Å². The van der Waals surface area contributed by atoms with Crippen molar-refractivity contribution in [1.82, 2.24) is 5.43 Å². The van der Waals surface area contributed by atoms with E-state index < -0.39 is 0 Å². The molecule has 1 amide bonds. The summed E-state index contributed by atoms with van der Waals surface area (Å²) in [6.45, 7) is 3.73. The lowest BCUT2D eigenvalue weighted by Crippen LogP contribution is -2.19. The summed E-state index contributed by atoms with van der Waals surface area (Å²) < 4.78 is 6.07. The summed E-state index contributed by atoms with van der Waals surface area (Å²) in [5, 5.41) is 4.00. The van der Waals surface area contributed by atoms with Gasteiger partial charge in [0.05, 0.1) is 6.26 Å². The Morgan fingerprint density at radius 3 is 2.79 bits per heavy atom. The average molecular weight is 321 g/mol. The Morgan fingerprint density at radius 2 is 2.16 bits per heavy atom. The maximum absolute atomic E-state index is 11.9. The standard InChI is InChI=1S/C14H13BrN2O2/c1-9-5-6-11(8-12(9)15)14(18)17-16-10(2)13-4-3-7-19-13/h3-8H,1-2H3,(H,17,18). The Kier molecular flexibility index (Phi) is 4.16. The van der Waals surface area contributed by atoms with Crippen molar-refractivity contribution in [3.63, 3.8) is 0 Å². The maximum atomic E-state index is 11.9. The van der Waals surface area contributed by atoms with Crippen LogP contribution in [0.5, 0.6) is 0 Å². The van der Waals surface area contributed by atoms with Gasteiger partial charge < -0.3 is 4.42 Å². The third-order valence-electron chi connectivity index (χ3n) is 2.64. The number of halogens is 1. The smallest absolute Gasteiger partial charge is 0.271 e. The maximum Gasteiger partial charge on any atom is 0.271 e. The summed E-state index contributed by atoms with van der Waals surface area (Å²) in [4.78, 5) is 11.9. The number of carbonyl (C=O) groups excluding carboxylic acids is 1. The second kappa shape index (κ2) is 5.84. The number of carbonyl (C=O) groups is 1. The third-order valence-corrected chi connectivity index (χ3v) is 3.49. The number of aryl methyl sites for hydroxylation is 1. The monoisotopic (exact) mass is 320 g/mol. The van der Waals surface area contributed by atoms with Crippen LogP contribution in [0.2, 0.25) is 0 Å². The summed E-state index contributed by atoms with van der Waals surface area (Å²) >= 11 is 3.40. The Bertz CT molecular complexity index is 618. The normalized spacial score (nSPS) is 11.4. The lowest BCUT2D eigenvalue weighted by molar-refractivity contribution is 0.0954. The summed E-state index contributed by atoms with van der Waals surface area (Å²) in [6, 6.07) is 8.96. The van der Waals surface area contributed by atoms with Gasteiger partial charge >= 0.3 is 0 Å². The van der Waals surface area contributed by atoms with Crippen LogP contribution in [0.4, 0.5) is 0 Å². The van der Waals surface area contributed by atoms with E-state index >= 15 is 0 Å². The SMILES string of the molecule is CC(=NNC(=O)c1ccc(C)c(Br)c1)c1ccco1. The number of hydrazone groups is 1. The molecule has 98 valence electrons. The number of hydrogen-bond donors (Lipinski definition) is 1. The van der Waals surface area contributed by atoms with Gasteiger partial charge in [0.25, 0.3) is 5.91 Å². The van der Waals surface area contributed by atoms with Crippen LogP contribution >= 0.6 is 15.9 Å². The van der Waals surface area contributed by atoms with Gasteiger partial charge in [0.15, 0.2) is 0 Å². The van der Waals surface area contributed by atoms with Gasteiger partial charge in [0.1, 0.15) is 11.5 Å². The van der Waals surface area contributed by atoms with Crippen molar-refractivity contribution in [2.45, 2.75) is 13.8 Å². The zero-order chi connectivity index (χ0) is 13.8. The highest BCUT2D eigenvalue weighted by Crippen LogP contribution is 2.17. The van der Waals surface area contributed by atoms with Gasteiger partial charge in [-0.15, -0.1) is 0 Å². The number of amides is 1. The molecule has 2 aromatic rings. The first kappa shape index (κ1) is 13.5. The second-order valence-corrected chi connectivity index (χ2v) is 4.93. The first-order valence-electron chi connectivity index (χ1n) is 5.72. The molecule has 1 heterocycles. The largest absolute Gasteiger partial charge is 0.463 e. The zero-order valence-electron chi connectivity index (χ0n) is 10.6. The van der Waals surface area contributed by atoms with E-state index in [1.807, 2.05) is 13.0 Å². The highest BCUT2D eigenvalue weighted by Gasteiger charge is 2.07. The molecule has 0 spiro atoms. The number of nitrogens with zero attached hydrogens (tertiary/aromatic N) is 1. The van der Waals surface area contributed by atoms with Gasteiger partial charge in [0, 0.05) is 10.0 Å². The molecule has 0 unspecified atom stereocenters. The zero-order valence-corrected chi connectivity index (χ0v) is 12.2. The molecule has 0 aliphatic carbocycles. The molecular formula is C14H13BrN2O2. The van der Waals surface area contributed by atoms with Crippen molar-refractivity contribution in [2.24, 2.45) is 5.10 Å². The Labute approximate surface area is 119 Å². The van der Waals surface area contributed by atoms with E-state index in [0.29, 0.717) is 17.0 Å². The van der Waals surface area contributed by atoms with E-state index in [-0.39, 0.29) is 5.91 Å². The first-order chi connectivity index (χ1) is 9.08. The second-order valence-electron chi connectivity index (χ2n) is 4.08. The Hall–Kier alpha value is -1.88. The van der Waals surface area contributed by atoms with Gasteiger partial charge in [-0.25, -0.2) is 5.43 Å². The quantitative estimate of drug-likeness (QED) is 0.695. The molecule has 0 saturated carbocycles. The van der Waals surface area contributed by atoms with E-state index in [1.165, 1.54) is 0 Å². The average Bonchev–Trinajstić information content (AvgIpc) is 2.92. The topological polar surface area (TPSA) is 54.6 Å². The minimum absolute atomic E-state index is 0.258. The molecule has 1 aromatic heterocycles. The van der Waals surface area contributed by atoms with E-state index in [9.17, 15) is 4.79 Å². The van der Waals surface area contributed by atoms with Crippen LogP contribution in [0, 0.1) is 6.92 Å². The molecular weight excluding hydrogens is 308 g/mol. The molecule has 19 heavy (non-hydrogen) atoms. The third kappa shape index (κ3) is 3.32. The Morgan fingerprint density at radius 1 is 1.37 bits per heavy atom. The number of nitrogens with one attached hydrogen (secondary N) is 1. The molecule has 0 saturated heterocycles. The van der Waals surface area contributed by atoms with Crippen molar-refractivity contribution >= 4 is 27.5 Å². The minimum Gasteiger partial charge on any atom is -0.463 e. The van der Waals surface area contributed by atoms with Crippen LogP contribution in [0.25, 0.3) is 0 Å². The van der Waals surface area contributed by atoms with Crippen molar-refractivity contribution in [2.75, 3.05) is 0 Å². The molecule has 0 radical (unpaired) electrons. The predicted octanol–water partition coefficient (Wildman–Crippen LogP) is 3.50. The summed E-state index contributed by atoms with van der Waals surface area (Å²) in [6.07, 6.45) is 1.56. The lowest BCUT2D eigenvalue weighted by Gasteiger charge is -2.03. The van der Waals surface area contributed by atoms with Gasteiger partial charge in [-0.3, -0.25) is 4.79 Å². The summed E-state index contributed by atoms with van der Waals surface area (Å²) in [7, 11) is 0. The van der Waals surface area contributed by atoms with Crippen LogP contribution in [0.3, 0.4) is 0 Å². The number of furan rings is 1. The molecule has 0 bridgehead atoms. The minimum atomic E-state index is -0.258. The molecule has 4 nitrogen and oxygen atoms in total. The molecule has 1 N–H and O–H groups in total. The van der Waals surface area contributed by atoms with Crippen LogP contribution in [-0.2, 0) is 0 Å². The van der Waals surface area contributed by atoms with E-state index in [4.69, 9.17) is 4.42 Å². The fourth-order valence-corrected chi connectivity index (χ4v) is 1.85. The van der Waals surface area contributed by atoms with Gasteiger partial charge in [0.2, 0.25) is 0 Å². The van der Waals surface area contributed by atoms with Crippen molar-refractivity contribution in [1.29, 1.82) is 0 Å². The van der Waals surface area contributed by atoms with Crippen molar-refractivity contribution in [3.8, 4) is 0 Å². The molecule has 0 fully saturated rings. The van der Waals surface area contributed by atoms with Crippen LogP contribution in [0.15, 0.2) is 50.6 Å². The molecule has 0 aliphatic rings. The van der Waals surface area contributed by atoms with Gasteiger partial charge in [-0.1, -0.05) is 22.0 Å². The van der Waals surface area contributed by atoms with Gasteiger partial charge in [-0.2, -0.15) is 5.10 Å². The van der Waals surface area contributed by atoms with E-state index in [2.05, 4.69) is 26.5 Å². The van der Waals surface area contributed by atoms with Crippen LogP contribution in [0.1, 0.15) is 28.6 Å². The molecule has 0 aliphatic heterocycles. The van der Waals surface area contributed by atoms with Crippen LogP contribution < -0.4 is 5.43 Å². The van der Waals surface area contributed by atoms with Gasteiger partial charge in [-0.05, 0) is 43.7 Å². The predicted molar refractivity (Wildman–Crippen MR) is 77.3 cm³/mol. The fourth-order valence-electron chi connectivity index (χ4n) is 1.47. The summed E-state index contributed by atoms with van der Waals surface area (Å²) in [5.41, 5.74) is 4.74. The molecule has 0 atom stereocenters. The molecule has 5 heteroatoms. The van der Waals surface area contributed by atoms with E-state index in [0.717, 1.165) is 10.0 Å². The highest BCUT2D eigenvalue weighted by atomic mass is 79.9. The number of rotatable bonds is 3. The number of benzene rings is 1. The lowest BCUT2D eigenvalue weighted by atomic mass is 10.1. The fraction of sp³-hybridized carbons (Fsp3) is 0.143. The van der Waals surface area contributed by atoms with E-state index in [1.54, 1.807) is 37.5 Å². The number of hydrogen-bond acceptors (Lipinski definition) is 3. The molecule has 2 rings (SSSR count). The Balaban J connectivity index is 2.09. The van der Waals surface area contributed by atoms with Crippen molar-refractivity contribution < 1.29 is 9.21 Å². The van der Waals surface area contributed by atoms with Crippen LogP contribution in [-0.4, -0.2) is 11.6 Å². The summed E-state index contributed by atoms with van der Waals surface area (Å²) in [5.74, 6) is 0.372. The molecule has 1 aromatic carbocycles. The first-order valence-corrected chi connectivity index (χ1v) is 6.52.